The van der Waals surface area contributed by atoms with Crippen molar-refractivity contribution in [3.63, 3.8) is 0 Å². The van der Waals surface area contributed by atoms with E-state index in [4.69, 9.17) is 4.74 Å². The second-order valence-electron chi connectivity index (χ2n) is 6.98. The number of aryl methyl sites for hydroxylation is 3. The van der Waals surface area contributed by atoms with Crippen molar-refractivity contribution in [3.05, 3.63) is 69.6 Å². The molecule has 0 atom stereocenters. The molecule has 0 amide bonds. The fraction of sp³-hybridized carbons (Fsp3) is 0.318. The lowest BCUT2D eigenvalue weighted by Crippen LogP contribution is -2.25. The van der Waals surface area contributed by atoms with Gasteiger partial charge in [0.15, 0.2) is 0 Å². The van der Waals surface area contributed by atoms with Crippen LogP contribution < -0.4 is 10.4 Å². The van der Waals surface area contributed by atoms with Crippen molar-refractivity contribution in [2.24, 2.45) is 0 Å². The summed E-state index contributed by atoms with van der Waals surface area (Å²) in [6.07, 6.45) is 0. The molecule has 3 aromatic rings. The second-order valence-corrected chi connectivity index (χ2v) is 6.98. The third-order valence-electron chi connectivity index (χ3n) is 5.05. The molecule has 0 spiro atoms. The molecule has 0 bridgehead atoms. The van der Waals surface area contributed by atoms with Crippen molar-refractivity contribution in [2.75, 3.05) is 6.61 Å². The van der Waals surface area contributed by atoms with Gasteiger partial charge in [-0.2, -0.15) is 0 Å². The highest BCUT2D eigenvalue weighted by atomic mass is 16.5. The van der Waals surface area contributed by atoms with Crippen LogP contribution in [0.5, 0.6) is 5.75 Å². The van der Waals surface area contributed by atoms with Gasteiger partial charge in [-0.3, -0.25) is 9.13 Å². The number of aromatic nitrogens is 2. The lowest BCUT2D eigenvalue weighted by molar-refractivity contribution is 0.296. The van der Waals surface area contributed by atoms with Crippen LogP contribution in [-0.2, 0) is 6.54 Å². The molecule has 136 valence electrons. The zero-order valence-corrected chi connectivity index (χ0v) is 16.2. The van der Waals surface area contributed by atoms with Crippen molar-refractivity contribution in [3.8, 4) is 5.75 Å². The van der Waals surface area contributed by atoms with Gasteiger partial charge in [0.25, 0.3) is 0 Å². The average molecular weight is 350 g/mol. The monoisotopic (exact) mass is 350 g/mol. The van der Waals surface area contributed by atoms with E-state index in [-0.39, 0.29) is 5.69 Å². The normalized spacial score (nSPS) is 11.1. The standard InChI is InChI=1S/C22H26N2O2/c1-14(2)24-20-13-17(5)16(4)12-19(20)23(22(24)25)10-11-26-21-9-7-8-15(3)18(21)6/h7-9,12-13H,1,10-11H2,2-6H3. The van der Waals surface area contributed by atoms with Crippen molar-refractivity contribution in [1.82, 2.24) is 9.13 Å². The van der Waals surface area contributed by atoms with E-state index in [0.717, 1.165) is 33.6 Å². The van der Waals surface area contributed by atoms with Crippen molar-refractivity contribution >= 4 is 16.7 Å². The van der Waals surface area contributed by atoms with Gasteiger partial charge in [0.2, 0.25) is 0 Å². The zero-order chi connectivity index (χ0) is 19.0. The Morgan fingerprint density at radius 1 is 1.04 bits per heavy atom. The van der Waals surface area contributed by atoms with Gasteiger partial charge in [0.05, 0.1) is 17.6 Å². The fourth-order valence-corrected chi connectivity index (χ4v) is 3.22. The van der Waals surface area contributed by atoms with Gasteiger partial charge in [-0.25, -0.2) is 4.79 Å². The van der Waals surface area contributed by atoms with Crippen LogP contribution in [0.4, 0.5) is 0 Å². The number of fused-ring (bicyclic) bond motifs is 1. The first kappa shape index (κ1) is 18.1. The minimum Gasteiger partial charge on any atom is -0.491 e. The molecular weight excluding hydrogens is 324 g/mol. The molecule has 0 unspecified atom stereocenters. The van der Waals surface area contributed by atoms with Crippen LogP contribution >= 0.6 is 0 Å². The Morgan fingerprint density at radius 3 is 2.35 bits per heavy atom. The first-order chi connectivity index (χ1) is 12.3. The van der Waals surface area contributed by atoms with E-state index in [9.17, 15) is 4.79 Å². The number of allylic oxidation sites excluding steroid dienone is 1. The van der Waals surface area contributed by atoms with Crippen LogP contribution in [0.2, 0.25) is 0 Å². The molecule has 0 fully saturated rings. The van der Waals surface area contributed by atoms with Crippen LogP contribution in [0.3, 0.4) is 0 Å². The Bertz CT molecular complexity index is 1050. The summed E-state index contributed by atoms with van der Waals surface area (Å²) in [7, 11) is 0. The first-order valence-corrected chi connectivity index (χ1v) is 8.88. The van der Waals surface area contributed by atoms with E-state index in [2.05, 4.69) is 52.5 Å². The van der Waals surface area contributed by atoms with Crippen LogP contribution in [0, 0.1) is 27.7 Å². The molecule has 1 aromatic heterocycles. The Hall–Kier alpha value is -2.75. The highest BCUT2D eigenvalue weighted by Crippen LogP contribution is 2.22. The quantitative estimate of drug-likeness (QED) is 0.674. The molecule has 0 aliphatic rings. The number of rotatable bonds is 5. The number of imidazole rings is 1. The Balaban J connectivity index is 1.96. The molecule has 3 rings (SSSR count). The Labute approximate surface area is 154 Å². The lowest BCUT2D eigenvalue weighted by atomic mass is 10.1. The van der Waals surface area contributed by atoms with Gasteiger partial charge >= 0.3 is 5.69 Å². The molecule has 0 aliphatic carbocycles. The van der Waals surface area contributed by atoms with Crippen LogP contribution in [0.1, 0.15) is 29.2 Å². The summed E-state index contributed by atoms with van der Waals surface area (Å²) in [5, 5.41) is 0. The summed E-state index contributed by atoms with van der Waals surface area (Å²) in [5.41, 5.74) is 7.14. The lowest BCUT2D eigenvalue weighted by Gasteiger charge is -2.11. The van der Waals surface area contributed by atoms with Crippen molar-refractivity contribution in [2.45, 2.75) is 41.2 Å². The minimum atomic E-state index is -0.0675. The largest absolute Gasteiger partial charge is 0.491 e. The summed E-state index contributed by atoms with van der Waals surface area (Å²) in [5.74, 6) is 0.869. The maximum Gasteiger partial charge on any atom is 0.333 e. The molecule has 4 heteroatoms. The van der Waals surface area contributed by atoms with Crippen LogP contribution in [0.25, 0.3) is 16.7 Å². The number of hydrogen-bond donors (Lipinski definition) is 0. The van der Waals surface area contributed by atoms with Gasteiger partial charge in [0, 0.05) is 5.70 Å². The third-order valence-corrected chi connectivity index (χ3v) is 5.05. The van der Waals surface area contributed by atoms with E-state index in [1.807, 2.05) is 19.1 Å². The van der Waals surface area contributed by atoms with Gasteiger partial charge in [0.1, 0.15) is 12.4 Å². The molecular formula is C22H26N2O2. The molecule has 0 radical (unpaired) electrons. The first-order valence-electron chi connectivity index (χ1n) is 8.88. The van der Waals surface area contributed by atoms with E-state index in [0.29, 0.717) is 13.2 Å². The van der Waals surface area contributed by atoms with Gasteiger partial charge in [-0.15, -0.1) is 0 Å². The van der Waals surface area contributed by atoms with Gasteiger partial charge in [-0.1, -0.05) is 18.7 Å². The summed E-state index contributed by atoms with van der Waals surface area (Å²) in [6.45, 7) is 15.0. The minimum absolute atomic E-state index is 0.0675. The van der Waals surface area contributed by atoms with E-state index in [1.54, 1.807) is 9.13 Å². The SMILES string of the molecule is C=C(C)n1c(=O)n(CCOc2cccc(C)c2C)c2cc(C)c(C)cc21. The van der Waals surface area contributed by atoms with Gasteiger partial charge < -0.3 is 4.74 Å². The van der Waals surface area contributed by atoms with Crippen molar-refractivity contribution in [1.29, 1.82) is 0 Å². The summed E-state index contributed by atoms with van der Waals surface area (Å²) in [4.78, 5) is 12.9. The summed E-state index contributed by atoms with van der Waals surface area (Å²) in [6, 6.07) is 10.2. The van der Waals surface area contributed by atoms with E-state index < -0.39 is 0 Å². The molecule has 2 aromatic carbocycles. The van der Waals surface area contributed by atoms with E-state index >= 15 is 0 Å². The number of nitrogens with zero attached hydrogens (tertiary/aromatic N) is 2. The predicted octanol–water partition coefficient (Wildman–Crippen LogP) is 4.61. The smallest absolute Gasteiger partial charge is 0.333 e. The molecule has 0 saturated heterocycles. The molecule has 0 saturated carbocycles. The maximum absolute atomic E-state index is 12.9. The summed E-state index contributed by atoms with van der Waals surface area (Å²) < 4.78 is 9.42. The van der Waals surface area contributed by atoms with Crippen LogP contribution in [0.15, 0.2) is 41.7 Å². The third kappa shape index (κ3) is 3.07. The number of benzene rings is 2. The summed E-state index contributed by atoms with van der Waals surface area (Å²) >= 11 is 0. The van der Waals surface area contributed by atoms with Crippen LogP contribution in [-0.4, -0.2) is 15.7 Å². The Kier molecular flexibility index (Phi) is 4.77. The van der Waals surface area contributed by atoms with Crippen molar-refractivity contribution < 1.29 is 4.74 Å². The predicted molar refractivity (Wildman–Crippen MR) is 108 cm³/mol. The highest BCUT2D eigenvalue weighted by Gasteiger charge is 2.15. The fourth-order valence-electron chi connectivity index (χ4n) is 3.22. The molecule has 1 heterocycles. The molecule has 0 N–H and O–H groups in total. The number of hydrogen-bond acceptors (Lipinski definition) is 2. The molecule has 4 nitrogen and oxygen atoms in total. The Morgan fingerprint density at radius 2 is 1.69 bits per heavy atom. The average Bonchev–Trinajstić information content (AvgIpc) is 2.83. The zero-order valence-electron chi connectivity index (χ0n) is 16.2. The topological polar surface area (TPSA) is 36.2 Å². The maximum atomic E-state index is 12.9. The number of ether oxygens (including phenoxy) is 1. The second kappa shape index (κ2) is 6.87. The highest BCUT2D eigenvalue weighted by molar-refractivity contribution is 5.81. The molecule has 26 heavy (non-hydrogen) atoms. The van der Waals surface area contributed by atoms with Gasteiger partial charge in [-0.05, 0) is 75.1 Å². The molecule has 0 aliphatic heterocycles. The van der Waals surface area contributed by atoms with E-state index in [1.165, 1.54) is 11.1 Å².